The summed E-state index contributed by atoms with van der Waals surface area (Å²) in [5.74, 6) is -1.69. The van der Waals surface area contributed by atoms with Crippen LogP contribution in [0.25, 0.3) is 0 Å². The van der Waals surface area contributed by atoms with Crippen LogP contribution in [-0.2, 0) is 11.3 Å². The van der Waals surface area contributed by atoms with E-state index in [0.717, 1.165) is 16.2 Å². The van der Waals surface area contributed by atoms with Gasteiger partial charge in [-0.3, -0.25) is 19.3 Å². The van der Waals surface area contributed by atoms with Gasteiger partial charge in [-0.15, -0.1) is 11.3 Å². The topological polar surface area (TPSA) is 90.0 Å². The second-order valence-corrected chi connectivity index (χ2v) is 8.59. The van der Waals surface area contributed by atoms with Crippen molar-refractivity contribution in [2.75, 3.05) is 13.7 Å². The first-order valence-electron chi connectivity index (χ1n) is 9.47. The number of hydrogen-bond donors (Lipinski definition) is 0. The fourth-order valence-electron chi connectivity index (χ4n) is 3.32. The Kier molecular flexibility index (Phi) is 6.07. The molecule has 162 valence electrons. The van der Waals surface area contributed by atoms with Crippen molar-refractivity contribution in [3.63, 3.8) is 0 Å². The van der Waals surface area contributed by atoms with Gasteiger partial charge in [0.1, 0.15) is 11.3 Å². The molecular weight excluding hydrogens is 454 g/mol. The van der Waals surface area contributed by atoms with E-state index in [1.54, 1.807) is 48.5 Å². The van der Waals surface area contributed by atoms with Crippen molar-refractivity contribution in [2.24, 2.45) is 0 Å². The Hall–Kier alpha value is -3.49. The molecule has 0 spiro atoms. The zero-order chi connectivity index (χ0) is 22.8. The van der Waals surface area contributed by atoms with Crippen LogP contribution in [0, 0.1) is 0 Å². The molecular formula is C23H16ClNO6S. The minimum atomic E-state index is -0.762. The Bertz CT molecular complexity index is 1220. The Morgan fingerprint density at radius 3 is 2.28 bits per heavy atom. The highest BCUT2D eigenvalue weighted by molar-refractivity contribution is 7.18. The Morgan fingerprint density at radius 2 is 1.69 bits per heavy atom. The summed E-state index contributed by atoms with van der Waals surface area (Å²) in [5, 5.41) is 0. The molecule has 32 heavy (non-hydrogen) atoms. The van der Waals surface area contributed by atoms with Crippen molar-refractivity contribution in [3.05, 3.63) is 86.1 Å². The van der Waals surface area contributed by atoms with E-state index in [1.807, 2.05) is 0 Å². The quantitative estimate of drug-likeness (QED) is 0.292. The third kappa shape index (κ3) is 4.15. The number of ether oxygens (including phenoxy) is 2. The Morgan fingerprint density at radius 1 is 1.00 bits per heavy atom. The summed E-state index contributed by atoms with van der Waals surface area (Å²) < 4.78 is 10.9. The maximum Gasteiger partial charge on any atom is 0.342 e. The standard InChI is InChI=1S/C23H16ClNO6S/c1-30-18-7-6-13(11-25-21(27)14-4-2-3-5-15(14)22(25)28)10-16(18)23(29)31-12-17(26)19-8-9-20(24)32-19/h2-10H,11-12H2,1H3. The number of hydrogen-bond acceptors (Lipinski definition) is 7. The van der Waals surface area contributed by atoms with Gasteiger partial charge in [0.15, 0.2) is 6.61 Å². The molecule has 7 nitrogen and oxygen atoms in total. The predicted molar refractivity (Wildman–Crippen MR) is 118 cm³/mol. The molecule has 0 saturated heterocycles. The predicted octanol–water partition coefficient (Wildman–Crippen LogP) is 4.25. The van der Waals surface area contributed by atoms with E-state index in [0.29, 0.717) is 25.9 Å². The lowest BCUT2D eigenvalue weighted by Crippen LogP contribution is -2.29. The van der Waals surface area contributed by atoms with Gasteiger partial charge in [0.2, 0.25) is 5.78 Å². The number of fused-ring (bicyclic) bond motifs is 1. The number of thiophene rings is 1. The van der Waals surface area contributed by atoms with Gasteiger partial charge >= 0.3 is 5.97 Å². The molecule has 0 atom stereocenters. The number of Topliss-reactive ketones (excluding diaryl/α,β-unsaturated/α-hetero) is 1. The molecule has 3 aromatic rings. The largest absolute Gasteiger partial charge is 0.496 e. The number of imide groups is 1. The summed E-state index contributed by atoms with van der Waals surface area (Å²) in [6.07, 6.45) is 0. The van der Waals surface area contributed by atoms with Crippen molar-refractivity contribution in [3.8, 4) is 5.75 Å². The fourth-order valence-corrected chi connectivity index (χ4v) is 4.29. The number of benzene rings is 2. The number of halogens is 1. The highest BCUT2D eigenvalue weighted by Crippen LogP contribution is 2.27. The highest BCUT2D eigenvalue weighted by atomic mass is 35.5. The van der Waals surface area contributed by atoms with Crippen molar-refractivity contribution in [2.45, 2.75) is 6.54 Å². The molecule has 9 heteroatoms. The molecule has 1 aliphatic rings. The van der Waals surface area contributed by atoms with E-state index in [2.05, 4.69) is 0 Å². The molecule has 2 heterocycles. The summed E-state index contributed by atoms with van der Waals surface area (Å²) in [4.78, 5) is 51.5. The van der Waals surface area contributed by atoms with Gasteiger partial charge in [-0.1, -0.05) is 29.8 Å². The number of ketones is 1. The van der Waals surface area contributed by atoms with E-state index < -0.39 is 24.4 Å². The molecule has 2 amide bonds. The number of carbonyl (C=O) groups excluding carboxylic acids is 4. The van der Waals surface area contributed by atoms with Crippen LogP contribution in [0.5, 0.6) is 5.75 Å². The van der Waals surface area contributed by atoms with E-state index >= 15 is 0 Å². The van der Waals surface area contributed by atoms with Crippen LogP contribution >= 0.6 is 22.9 Å². The minimum Gasteiger partial charge on any atom is -0.496 e. The molecule has 1 aromatic heterocycles. The summed E-state index contributed by atoms with van der Waals surface area (Å²) in [6.45, 7) is -0.481. The number of esters is 1. The van der Waals surface area contributed by atoms with Gasteiger partial charge in [0.05, 0.1) is 34.0 Å². The second-order valence-electron chi connectivity index (χ2n) is 6.88. The molecule has 0 saturated carbocycles. The number of nitrogens with zero attached hydrogens (tertiary/aromatic N) is 1. The molecule has 4 rings (SSSR count). The van der Waals surface area contributed by atoms with Crippen molar-refractivity contribution in [1.29, 1.82) is 0 Å². The summed E-state index contributed by atoms with van der Waals surface area (Å²) in [7, 11) is 1.40. The molecule has 1 aliphatic heterocycles. The lowest BCUT2D eigenvalue weighted by molar-refractivity contribution is 0.0472. The summed E-state index contributed by atoms with van der Waals surface area (Å²) in [5.41, 5.74) is 1.30. The molecule has 0 bridgehead atoms. The zero-order valence-corrected chi connectivity index (χ0v) is 18.4. The van der Waals surface area contributed by atoms with Crippen molar-refractivity contribution < 1.29 is 28.7 Å². The van der Waals surface area contributed by atoms with E-state index in [4.69, 9.17) is 21.1 Å². The summed E-state index contributed by atoms with van der Waals surface area (Å²) >= 11 is 6.93. The van der Waals surface area contributed by atoms with Crippen LogP contribution in [0.15, 0.2) is 54.6 Å². The van der Waals surface area contributed by atoms with E-state index in [-0.39, 0.29) is 23.6 Å². The van der Waals surface area contributed by atoms with Gasteiger partial charge in [0, 0.05) is 0 Å². The first kappa shape index (κ1) is 21.7. The molecule has 2 aromatic carbocycles. The minimum absolute atomic E-state index is 0.0246. The molecule has 0 unspecified atom stereocenters. The van der Waals surface area contributed by atoms with Crippen LogP contribution in [-0.4, -0.2) is 42.2 Å². The average Bonchev–Trinajstić information content (AvgIpc) is 3.34. The van der Waals surface area contributed by atoms with E-state index in [1.165, 1.54) is 13.2 Å². The van der Waals surface area contributed by atoms with Crippen molar-refractivity contribution >= 4 is 46.5 Å². The molecule has 0 aliphatic carbocycles. The number of carbonyl (C=O) groups is 4. The fraction of sp³-hybridized carbons (Fsp3) is 0.130. The van der Waals surface area contributed by atoms with E-state index in [9.17, 15) is 19.2 Å². The van der Waals surface area contributed by atoms with Gasteiger partial charge in [-0.25, -0.2) is 4.79 Å². The second kappa shape index (κ2) is 8.94. The maximum absolute atomic E-state index is 12.6. The third-order valence-electron chi connectivity index (χ3n) is 4.89. The van der Waals surface area contributed by atoms with Gasteiger partial charge in [0.25, 0.3) is 11.8 Å². The lowest BCUT2D eigenvalue weighted by atomic mass is 10.1. The maximum atomic E-state index is 12.6. The van der Waals surface area contributed by atoms with Crippen LogP contribution in [0.3, 0.4) is 0 Å². The monoisotopic (exact) mass is 469 g/mol. The highest BCUT2D eigenvalue weighted by Gasteiger charge is 2.35. The normalized spacial score (nSPS) is 12.6. The van der Waals surface area contributed by atoms with Gasteiger partial charge in [-0.2, -0.15) is 0 Å². The Labute approximate surface area is 192 Å². The van der Waals surface area contributed by atoms with Crippen LogP contribution in [0.1, 0.15) is 46.3 Å². The van der Waals surface area contributed by atoms with Gasteiger partial charge in [-0.05, 0) is 42.0 Å². The third-order valence-corrected chi connectivity index (χ3v) is 6.16. The first-order valence-corrected chi connectivity index (χ1v) is 10.7. The number of amides is 2. The van der Waals surface area contributed by atoms with Crippen molar-refractivity contribution in [1.82, 2.24) is 4.90 Å². The summed E-state index contributed by atoms with van der Waals surface area (Å²) in [6, 6.07) is 14.4. The van der Waals surface area contributed by atoms with Crippen LogP contribution in [0.4, 0.5) is 0 Å². The Balaban J connectivity index is 1.50. The SMILES string of the molecule is COc1ccc(CN2C(=O)c3ccccc3C2=O)cc1C(=O)OCC(=O)c1ccc(Cl)s1. The lowest BCUT2D eigenvalue weighted by Gasteiger charge is -2.15. The van der Waals surface area contributed by atoms with Gasteiger partial charge < -0.3 is 9.47 Å². The molecule has 0 radical (unpaired) electrons. The zero-order valence-electron chi connectivity index (χ0n) is 16.8. The average molecular weight is 470 g/mol. The smallest absolute Gasteiger partial charge is 0.342 e. The molecule has 0 fully saturated rings. The van der Waals surface area contributed by atoms with Crippen LogP contribution < -0.4 is 4.74 Å². The number of rotatable bonds is 7. The number of methoxy groups -OCH3 is 1. The van der Waals surface area contributed by atoms with Crippen LogP contribution in [0.2, 0.25) is 4.34 Å². The molecule has 0 N–H and O–H groups in total. The first-order chi connectivity index (χ1) is 15.4.